The number of morpholine rings is 1. The van der Waals surface area contributed by atoms with Crippen LogP contribution in [-0.4, -0.2) is 39.0 Å². The van der Waals surface area contributed by atoms with Crippen LogP contribution in [0.3, 0.4) is 0 Å². The second-order valence-corrected chi connectivity index (χ2v) is 5.77. The molecule has 1 unspecified atom stereocenters. The molecule has 3 heteroatoms. The minimum atomic E-state index is 0.495. The van der Waals surface area contributed by atoms with Gasteiger partial charge in [-0.15, -0.1) is 0 Å². The van der Waals surface area contributed by atoms with Crippen molar-refractivity contribution in [3.05, 3.63) is 0 Å². The van der Waals surface area contributed by atoms with Crippen LogP contribution >= 0.6 is 0 Å². The van der Waals surface area contributed by atoms with Gasteiger partial charge < -0.3 is 14.8 Å². The Morgan fingerprint density at radius 1 is 1.12 bits per heavy atom. The van der Waals surface area contributed by atoms with Gasteiger partial charge in [-0.3, -0.25) is 0 Å². The molecule has 1 saturated carbocycles. The molecule has 1 N–H and O–H groups in total. The summed E-state index contributed by atoms with van der Waals surface area (Å²) in [5.41, 5.74) is 0.495. The summed E-state index contributed by atoms with van der Waals surface area (Å²) in [5, 5.41) is 3.59. The maximum Gasteiger partial charge on any atom is 0.0620 e. The average molecular weight is 225 g/mol. The smallest absolute Gasteiger partial charge is 0.0620 e. The summed E-state index contributed by atoms with van der Waals surface area (Å²) in [4.78, 5) is 0. The topological polar surface area (TPSA) is 30.5 Å². The predicted molar refractivity (Wildman–Crippen MR) is 62.4 cm³/mol. The van der Waals surface area contributed by atoms with Gasteiger partial charge in [0.25, 0.3) is 0 Å². The van der Waals surface area contributed by atoms with E-state index in [0.717, 1.165) is 38.9 Å². The third-order valence-corrected chi connectivity index (χ3v) is 4.65. The molecule has 0 spiro atoms. The lowest BCUT2D eigenvalue weighted by Gasteiger charge is -2.48. The Kier molecular flexibility index (Phi) is 3.18. The van der Waals surface area contributed by atoms with E-state index in [-0.39, 0.29) is 0 Å². The van der Waals surface area contributed by atoms with Crippen LogP contribution in [0.25, 0.3) is 0 Å². The summed E-state index contributed by atoms with van der Waals surface area (Å²) in [5.74, 6) is 0.921. The van der Waals surface area contributed by atoms with Crippen LogP contribution in [0.1, 0.15) is 32.1 Å². The lowest BCUT2D eigenvalue weighted by molar-refractivity contribution is -0.156. The molecular weight excluding hydrogens is 202 g/mol. The SMILES string of the molecule is C1CCC(C2(CC3COCCN3)COC2)C1. The van der Waals surface area contributed by atoms with E-state index in [9.17, 15) is 0 Å². The molecule has 92 valence electrons. The number of hydrogen-bond donors (Lipinski definition) is 1. The highest BCUT2D eigenvalue weighted by Crippen LogP contribution is 2.47. The van der Waals surface area contributed by atoms with E-state index < -0.39 is 0 Å². The first-order valence-electron chi connectivity index (χ1n) is 6.78. The summed E-state index contributed by atoms with van der Waals surface area (Å²) in [6, 6.07) is 0.568. The summed E-state index contributed by atoms with van der Waals surface area (Å²) in [7, 11) is 0. The zero-order chi connectivity index (χ0) is 10.8. The standard InChI is InChI=1S/C13H23NO2/c1-2-4-11(3-1)13(9-16-10-13)7-12-8-15-6-5-14-12/h11-12,14H,1-10H2. The van der Waals surface area contributed by atoms with Crippen molar-refractivity contribution in [1.29, 1.82) is 0 Å². The van der Waals surface area contributed by atoms with Gasteiger partial charge in [0.1, 0.15) is 0 Å². The minimum Gasteiger partial charge on any atom is -0.380 e. The fourth-order valence-electron chi connectivity index (χ4n) is 3.66. The molecule has 3 aliphatic rings. The number of rotatable bonds is 3. The Bertz CT molecular complexity index is 228. The molecule has 3 fully saturated rings. The van der Waals surface area contributed by atoms with Crippen molar-refractivity contribution in [2.45, 2.75) is 38.1 Å². The van der Waals surface area contributed by atoms with E-state index in [2.05, 4.69) is 5.32 Å². The normalized spacial score (nSPS) is 34.9. The highest BCUT2D eigenvalue weighted by atomic mass is 16.5. The fourth-order valence-corrected chi connectivity index (χ4v) is 3.66. The van der Waals surface area contributed by atoms with Gasteiger partial charge in [0.15, 0.2) is 0 Å². The van der Waals surface area contributed by atoms with Crippen molar-refractivity contribution in [1.82, 2.24) is 5.32 Å². The molecule has 0 radical (unpaired) electrons. The maximum atomic E-state index is 5.56. The Hall–Kier alpha value is -0.120. The van der Waals surface area contributed by atoms with Crippen LogP contribution < -0.4 is 5.32 Å². The summed E-state index contributed by atoms with van der Waals surface area (Å²) in [6.07, 6.45) is 6.98. The molecule has 0 aromatic rings. The molecule has 1 aliphatic carbocycles. The van der Waals surface area contributed by atoms with Gasteiger partial charge in [0.05, 0.1) is 26.4 Å². The van der Waals surface area contributed by atoms with Gasteiger partial charge in [-0.25, -0.2) is 0 Å². The van der Waals surface area contributed by atoms with E-state index in [1.54, 1.807) is 0 Å². The van der Waals surface area contributed by atoms with Crippen molar-refractivity contribution in [3.63, 3.8) is 0 Å². The molecule has 1 atom stereocenters. The third-order valence-electron chi connectivity index (χ3n) is 4.65. The number of hydrogen-bond acceptors (Lipinski definition) is 3. The van der Waals surface area contributed by atoms with Crippen LogP contribution in [0.4, 0.5) is 0 Å². The summed E-state index contributed by atoms with van der Waals surface area (Å²) in [6.45, 7) is 4.79. The largest absolute Gasteiger partial charge is 0.380 e. The molecule has 0 bridgehead atoms. The van der Waals surface area contributed by atoms with Crippen molar-refractivity contribution >= 4 is 0 Å². The Morgan fingerprint density at radius 3 is 2.50 bits per heavy atom. The van der Waals surface area contributed by atoms with Crippen LogP contribution in [0, 0.1) is 11.3 Å². The number of nitrogens with one attached hydrogen (secondary N) is 1. The molecule has 0 aromatic heterocycles. The molecule has 2 heterocycles. The van der Waals surface area contributed by atoms with E-state index in [1.165, 1.54) is 32.1 Å². The van der Waals surface area contributed by atoms with E-state index in [4.69, 9.17) is 9.47 Å². The van der Waals surface area contributed by atoms with E-state index >= 15 is 0 Å². The Labute approximate surface area is 97.9 Å². The molecule has 0 aromatic carbocycles. The van der Waals surface area contributed by atoms with Crippen molar-refractivity contribution < 1.29 is 9.47 Å². The number of ether oxygens (including phenoxy) is 2. The van der Waals surface area contributed by atoms with Gasteiger partial charge >= 0.3 is 0 Å². The maximum absolute atomic E-state index is 5.56. The first-order valence-corrected chi connectivity index (χ1v) is 6.78. The monoisotopic (exact) mass is 225 g/mol. The lowest BCUT2D eigenvalue weighted by Crippen LogP contribution is -2.54. The van der Waals surface area contributed by atoms with Gasteiger partial charge in [-0.05, 0) is 25.2 Å². The molecular formula is C13H23NO2. The van der Waals surface area contributed by atoms with Crippen LogP contribution in [-0.2, 0) is 9.47 Å². The summed E-state index contributed by atoms with van der Waals surface area (Å²) < 4.78 is 11.1. The lowest BCUT2D eigenvalue weighted by atomic mass is 9.68. The van der Waals surface area contributed by atoms with E-state index in [1.807, 2.05) is 0 Å². The second kappa shape index (κ2) is 4.63. The Morgan fingerprint density at radius 2 is 1.94 bits per heavy atom. The fraction of sp³-hybridized carbons (Fsp3) is 1.00. The first kappa shape index (κ1) is 11.0. The molecule has 2 saturated heterocycles. The molecule has 0 amide bonds. The van der Waals surface area contributed by atoms with Crippen molar-refractivity contribution in [2.24, 2.45) is 11.3 Å². The minimum absolute atomic E-state index is 0.495. The van der Waals surface area contributed by atoms with Crippen LogP contribution in [0.2, 0.25) is 0 Å². The van der Waals surface area contributed by atoms with Gasteiger partial charge in [0.2, 0.25) is 0 Å². The third kappa shape index (κ3) is 2.01. The zero-order valence-corrected chi connectivity index (χ0v) is 10.0. The first-order chi connectivity index (χ1) is 7.89. The van der Waals surface area contributed by atoms with Gasteiger partial charge in [-0.2, -0.15) is 0 Å². The predicted octanol–water partition coefficient (Wildman–Crippen LogP) is 1.57. The summed E-state index contributed by atoms with van der Waals surface area (Å²) >= 11 is 0. The van der Waals surface area contributed by atoms with Crippen molar-refractivity contribution in [2.75, 3.05) is 33.0 Å². The molecule has 3 nitrogen and oxygen atoms in total. The van der Waals surface area contributed by atoms with Gasteiger partial charge in [-0.1, -0.05) is 12.8 Å². The van der Waals surface area contributed by atoms with Crippen molar-refractivity contribution in [3.8, 4) is 0 Å². The molecule has 16 heavy (non-hydrogen) atoms. The van der Waals surface area contributed by atoms with Gasteiger partial charge in [0, 0.05) is 18.0 Å². The van der Waals surface area contributed by atoms with Crippen LogP contribution in [0.15, 0.2) is 0 Å². The highest BCUT2D eigenvalue weighted by molar-refractivity contribution is 4.96. The molecule has 3 rings (SSSR count). The Balaban J connectivity index is 1.60. The molecule has 2 aliphatic heterocycles. The van der Waals surface area contributed by atoms with E-state index in [0.29, 0.717) is 11.5 Å². The average Bonchev–Trinajstić information content (AvgIpc) is 2.78. The highest BCUT2D eigenvalue weighted by Gasteiger charge is 2.47. The van der Waals surface area contributed by atoms with Crippen LogP contribution in [0.5, 0.6) is 0 Å². The quantitative estimate of drug-likeness (QED) is 0.791. The second-order valence-electron chi connectivity index (χ2n) is 5.77. The zero-order valence-electron chi connectivity index (χ0n) is 10.0.